The zero-order valence-electron chi connectivity index (χ0n) is 50.4. The molecule has 0 unspecified atom stereocenters. The highest BCUT2D eigenvalue weighted by Crippen LogP contribution is 2.28. The molecule has 456 valence electrons. The van der Waals surface area contributed by atoms with E-state index in [1.807, 2.05) is 0 Å². The molecule has 0 bridgehead atoms. The highest BCUT2D eigenvalue weighted by molar-refractivity contribution is 5.94. The molecule has 0 N–H and O–H groups in total. The summed E-state index contributed by atoms with van der Waals surface area (Å²) in [6, 6.07) is 34.1. The van der Waals surface area contributed by atoms with Crippen molar-refractivity contribution in [2.45, 2.75) is 170 Å². The summed E-state index contributed by atoms with van der Waals surface area (Å²) in [6.45, 7) is 11.9. The van der Waals surface area contributed by atoms with E-state index in [0.717, 1.165) is 89.9 Å². The first kappa shape index (κ1) is 67.9. The van der Waals surface area contributed by atoms with Crippen molar-refractivity contribution in [1.82, 2.24) is 0 Å². The number of esters is 8. The van der Waals surface area contributed by atoms with Crippen molar-refractivity contribution in [1.29, 1.82) is 0 Å². The maximum atomic E-state index is 12.7. The number of carbonyl (C=O) groups is 8. The SMILES string of the molecule is CCCCCC(=O)Oc1ccc(C(=O)Oc2ccc(OC(=O)c3ccc(OC(=O)CCCCC)cc3)c(C)c2)cc1.CCCCCCCC(=O)Oc1ccc(C(=O)Oc2ccc(OC(=O)c3ccc(OC(=O)CCCCCCC)cc3)c(C)c2)cc1. The Hall–Kier alpha value is -8.92. The van der Waals surface area contributed by atoms with Crippen LogP contribution in [0.1, 0.15) is 209 Å². The van der Waals surface area contributed by atoms with E-state index >= 15 is 0 Å². The Morgan fingerprint density at radius 2 is 0.477 bits per heavy atom. The van der Waals surface area contributed by atoms with E-state index in [-0.39, 0.29) is 35.4 Å². The van der Waals surface area contributed by atoms with Crippen LogP contribution in [-0.2, 0) is 19.2 Å². The minimum absolute atomic E-state index is 0.281. The summed E-state index contributed by atoms with van der Waals surface area (Å²) in [7, 11) is 0. The fraction of sp³-hybridized carbons (Fsp3) is 0.371. The number of benzene rings is 6. The monoisotopic (exact) mass is 1180 g/mol. The fourth-order valence-electron chi connectivity index (χ4n) is 8.40. The first-order valence-corrected chi connectivity index (χ1v) is 29.9. The number of carbonyl (C=O) groups excluding carboxylic acids is 8. The van der Waals surface area contributed by atoms with E-state index in [0.29, 0.717) is 93.6 Å². The zero-order chi connectivity index (χ0) is 62.1. The second-order valence-corrected chi connectivity index (χ2v) is 20.6. The van der Waals surface area contributed by atoms with Crippen molar-refractivity contribution in [2.24, 2.45) is 0 Å². The lowest BCUT2D eigenvalue weighted by atomic mass is 10.1. The molecule has 0 saturated heterocycles. The third-order valence-corrected chi connectivity index (χ3v) is 13.3. The van der Waals surface area contributed by atoms with Crippen LogP contribution in [0.25, 0.3) is 0 Å². The van der Waals surface area contributed by atoms with Gasteiger partial charge in [-0.25, -0.2) is 19.2 Å². The van der Waals surface area contributed by atoms with Crippen LogP contribution in [0.2, 0.25) is 0 Å². The molecule has 0 aliphatic heterocycles. The van der Waals surface area contributed by atoms with E-state index in [1.165, 1.54) is 61.4 Å². The molecule has 0 aliphatic carbocycles. The third kappa shape index (κ3) is 24.7. The van der Waals surface area contributed by atoms with Crippen LogP contribution < -0.4 is 37.9 Å². The second-order valence-electron chi connectivity index (χ2n) is 20.6. The van der Waals surface area contributed by atoms with Crippen molar-refractivity contribution in [3.05, 3.63) is 167 Å². The Bertz CT molecular complexity index is 3140. The van der Waals surface area contributed by atoms with Crippen LogP contribution in [0.5, 0.6) is 46.0 Å². The quantitative estimate of drug-likeness (QED) is 0.0218. The third-order valence-electron chi connectivity index (χ3n) is 13.3. The molecule has 6 aromatic rings. The maximum absolute atomic E-state index is 12.7. The number of rotatable bonds is 32. The predicted molar refractivity (Wildman–Crippen MR) is 326 cm³/mol. The largest absolute Gasteiger partial charge is 0.427 e. The molecular weight excluding hydrogens is 1100 g/mol. The summed E-state index contributed by atoms with van der Waals surface area (Å²) in [5.41, 5.74) is 2.36. The van der Waals surface area contributed by atoms with Gasteiger partial charge in [-0.3, -0.25) is 19.2 Å². The van der Waals surface area contributed by atoms with Gasteiger partial charge in [-0.2, -0.15) is 0 Å². The molecule has 0 atom stereocenters. The number of hydrogen-bond donors (Lipinski definition) is 0. The summed E-state index contributed by atoms with van der Waals surface area (Å²) >= 11 is 0. The van der Waals surface area contributed by atoms with Crippen molar-refractivity contribution < 1.29 is 76.3 Å². The molecule has 0 radical (unpaired) electrons. The van der Waals surface area contributed by atoms with E-state index in [1.54, 1.807) is 98.8 Å². The van der Waals surface area contributed by atoms with Crippen molar-refractivity contribution in [2.75, 3.05) is 0 Å². The fourth-order valence-corrected chi connectivity index (χ4v) is 8.40. The number of hydrogen-bond acceptors (Lipinski definition) is 16. The Balaban J connectivity index is 0.000000315. The standard InChI is InChI=1S/C37H44O8.C33H36O8/c1-4-6-8-10-12-14-34(38)42-30-20-16-28(17-21-30)36(40)44-32-24-25-33(27(3)26-32)45-37(41)29-18-22-31(23-19-29)43-35(39)15-13-11-9-7-5-2;1-4-6-8-10-30(34)38-26-16-12-24(13-17-26)32(36)40-28-20-21-29(23(3)22-28)41-33(37)25-14-18-27(19-15-25)39-31(35)11-9-7-5-2/h16-26H,4-15H2,1-3H3;12-22H,4-11H2,1-3H3. The molecule has 0 amide bonds. The van der Waals surface area contributed by atoms with Gasteiger partial charge < -0.3 is 37.9 Å². The van der Waals surface area contributed by atoms with Gasteiger partial charge in [0.25, 0.3) is 0 Å². The molecule has 0 spiro atoms. The first-order valence-electron chi connectivity index (χ1n) is 29.9. The van der Waals surface area contributed by atoms with E-state index in [4.69, 9.17) is 37.9 Å². The number of unbranched alkanes of at least 4 members (excludes halogenated alkanes) is 12. The predicted octanol–water partition coefficient (Wildman–Crippen LogP) is 16.4. The smallest absolute Gasteiger partial charge is 0.343 e. The van der Waals surface area contributed by atoms with Crippen LogP contribution >= 0.6 is 0 Å². The minimum atomic E-state index is -0.582. The Labute approximate surface area is 504 Å². The first-order chi connectivity index (χ1) is 41.6. The Kier molecular flexibility index (Phi) is 29.5. The molecule has 0 fully saturated rings. The highest BCUT2D eigenvalue weighted by atomic mass is 16.6. The van der Waals surface area contributed by atoms with E-state index in [9.17, 15) is 38.4 Å². The van der Waals surface area contributed by atoms with Gasteiger partial charge in [0.2, 0.25) is 0 Å². The molecule has 0 saturated carbocycles. The highest BCUT2D eigenvalue weighted by Gasteiger charge is 2.18. The van der Waals surface area contributed by atoms with Crippen molar-refractivity contribution >= 4 is 47.8 Å². The summed E-state index contributed by atoms with van der Waals surface area (Å²) in [5.74, 6) is -0.845. The van der Waals surface area contributed by atoms with Gasteiger partial charge in [0.15, 0.2) is 0 Å². The summed E-state index contributed by atoms with van der Waals surface area (Å²) in [4.78, 5) is 98.5. The number of ether oxygens (including phenoxy) is 8. The zero-order valence-corrected chi connectivity index (χ0v) is 50.4. The lowest BCUT2D eigenvalue weighted by Crippen LogP contribution is -2.11. The van der Waals surface area contributed by atoms with Gasteiger partial charge >= 0.3 is 47.8 Å². The summed E-state index contributed by atoms with van der Waals surface area (Å²) in [6.07, 6.45) is 17.4. The molecule has 0 aliphatic rings. The van der Waals surface area contributed by atoms with Crippen LogP contribution in [0.15, 0.2) is 133 Å². The number of aryl methyl sites for hydroxylation is 2. The van der Waals surface area contributed by atoms with Crippen molar-refractivity contribution in [3.63, 3.8) is 0 Å². The molecule has 0 heterocycles. The molecule has 16 heteroatoms. The lowest BCUT2D eigenvalue weighted by Gasteiger charge is -2.11. The van der Waals surface area contributed by atoms with Gasteiger partial charge in [-0.1, -0.05) is 105 Å². The molecule has 6 aromatic carbocycles. The second kappa shape index (κ2) is 37.4. The van der Waals surface area contributed by atoms with Crippen LogP contribution in [0.4, 0.5) is 0 Å². The van der Waals surface area contributed by atoms with Crippen molar-refractivity contribution in [3.8, 4) is 46.0 Å². The van der Waals surface area contributed by atoms with Crippen LogP contribution in [-0.4, -0.2) is 47.8 Å². The Morgan fingerprint density at radius 3 is 0.733 bits per heavy atom. The van der Waals surface area contributed by atoms with Gasteiger partial charge in [0.1, 0.15) is 46.0 Å². The molecule has 16 nitrogen and oxygen atoms in total. The molecule has 6 rings (SSSR count). The minimum Gasteiger partial charge on any atom is -0.427 e. The summed E-state index contributed by atoms with van der Waals surface area (Å²) in [5, 5.41) is 0. The van der Waals surface area contributed by atoms with Gasteiger partial charge in [-0.15, -0.1) is 0 Å². The van der Waals surface area contributed by atoms with E-state index in [2.05, 4.69) is 27.7 Å². The molecule has 86 heavy (non-hydrogen) atoms. The van der Waals surface area contributed by atoms with Gasteiger partial charge in [0.05, 0.1) is 22.3 Å². The normalized spacial score (nSPS) is 10.6. The Morgan fingerprint density at radius 1 is 0.256 bits per heavy atom. The average Bonchev–Trinajstić information content (AvgIpc) is 3.70. The summed E-state index contributed by atoms with van der Waals surface area (Å²) < 4.78 is 43.3. The topological polar surface area (TPSA) is 210 Å². The van der Waals surface area contributed by atoms with Crippen LogP contribution in [0, 0.1) is 13.8 Å². The average molecular weight is 1180 g/mol. The lowest BCUT2D eigenvalue weighted by molar-refractivity contribution is -0.135. The molecule has 0 aromatic heterocycles. The van der Waals surface area contributed by atoms with Crippen LogP contribution in [0.3, 0.4) is 0 Å². The van der Waals surface area contributed by atoms with Gasteiger partial charge in [-0.05, 0) is 184 Å². The van der Waals surface area contributed by atoms with E-state index < -0.39 is 23.9 Å². The molecular formula is C70H80O16. The maximum Gasteiger partial charge on any atom is 0.343 e. The van der Waals surface area contributed by atoms with Gasteiger partial charge in [0, 0.05) is 25.7 Å².